The minimum Gasteiger partial charge on any atom is -0.458 e. The summed E-state index contributed by atoms with van der Waals surface area (Å²) in [5, 5.41) is 0. The quantitative estimate of drug-likeness (QED) is 0.131. The highest BCUT2D eigenvalue weighted by atomic mass is 16.5. The molecule has 1 aliphatic rings. The molecule has 0 aliphatic heterocycles. The lowest BCUT2D eigenvalue weighted by molar-refractivity contribution is -0.141. The van der Waals surface area contributed by atoms with Crippen molar-refractivity contribution >= 4 is 29.4 Å². The van der Waals surface area contributed by atoms with Gasteiger partial charge in [-0.05, 0) is 68.0 Å². The van der Waals surface area contributed by atoms with E-state index in [0.29, 0.717) is 29.3 Å². The molecule has 7 heteroatoms. The van der Waals surface area contributed by atoms with Gasteiger partial charge in [0.15, 0.2) is 0 Å². The van der Waals surface area contributed by atoms with Crippen molar-refractivity contribution in [1.82, 2.24) is 0 Å². The average Bonchev–Trinajstić information content (AvgIpc) is 2.83. The van der Waals surface area contributed by atoms with Crippen molar-refractivity contribution < 1.29 is 23.8 Å². The fourth-order valence-electron chi connectivity index (χ4n) is 3.74. The van der Waals surface area contributed by atoms with Crippen LogP contribution in [-0.4, -0.2) is 24.6 Å². The Bertz CT molecular complexity index is 1010. The van der Waals surface area contributed by atoms with Gasteiger partial charge in [-0.15, -0.1) is 6.58 Å². The number of ether oxygens (including phenoxy) is 3. The van der Waals surface area contributed by atoms with Gasteiger partial charge in [0.2, 0.25) is 0 Å². The van der Waals surface area contributed by atoms with E-state index in [4.69, 9.17) is 25.7 Å². The van der Waals surface area contributed by atoms with Gasteiger partial charge >= 0.3 is 11.9 Å². The second kappa shape index (κ2) is 12.6. The molecule has 0 spiro atoms. The Morgan fingerprint density at radius 1 is 1.03 bits per heavy atom. The average molecular weight is 465 g/mol. The van der Waals surface area contributed by atoms with E-state index in [0.717, 1.165) is 37.7 Å². The summed E-state index contributed by atoms with van der Waals surface area (Å²) in [6, 6.07) is 12.0. The van der Waals surface area contributed by atoms with E-state index in [2.05, 4.69) is 6.58 Å². The molecule has 180 valence electrons. The van der Waals surface area contributed by atoms with E-state index in [9.17, 15) is 9.59 Å². The number of benzene rings is 2. The summed E-state index contributed by atoms with van der Waals surface area (Å²) >= 11 is 0. The first kappa shape index (κ1) is 25.1. The van der Waals surface area contributed by atoms with Crippen LogP contribution in [0.1, 0.15) is 43.2 Å². The standard InChI is InChI=1S/C27H32N2O5/c1-2-3-16-32-23-13-8-20(9-14-23)27(31)34-24-11-4-19(5-12-24)6-15-26(30)33-18-21-7-10-22(28)17-25(21)29/h2,4-7,10-12,15,17,20,23H,1,3,8-9,13-14,16,18,28-29H2. The van der Waals surface area contributed by atoms with Crippen LogP contribution in [0, 0.1) is 5.92 Å². The van der Waals surface area contributed by atoms with Crippen LogP contribution in [0.5, 0.6) is 5.75 Å². The Morgan fingerprint density at radius 3 is 2.44 bits per heavy atom. The van der Waals surface area contributed by atoms with Crippen molar-refractivity contribution in [3.8, 4) is 5.75 Å². The molecule has 0 aromatic heterocycles. The molecule has 2 aromatic rings. The van der Waals surface area contributed by atoms with Gasteiger partial charge in [0.25, 0.3) is 0 Å². The van der Waals surface area contributed by atoms with E-state index in [1.807, 2.05) is 6.08 Å². The summed E-state index contributed by atoms with van der Waals surface area (Å²) in [4.78, 5) is 24.5. The van der Waals surface area contributed by atoms with Crippen LogP contribution in [0.4, 0.5) is 11.4 Å². The number of nitrogen functional groups attached to an aromatic ring is 2. The number of carbonyl (C=O) groups is 2. The maximum absolute atomic E-state index is 12.5. The molecular formula is C27H32N2O5. The van der Waals surface area contributed by atoms with Crippen LogP contribution in [0.25, 0.3) is 6.08 Å². The van der Waals surface area contributed by atoms with Gasteiger partial charge < -0.3 is 25.7 Å². The predicted octanol–water partition coefficient (Wildman–Crippen LogP) is 4.66. The summed E-state index contributed by atoms with van der Waals surface area (Å²) in [6.07, 6.45) is 9.13. The lowest BCUT2D eigenvalue weighted by atomic mass is 9.87. The van der Waals surface area contributed by atoms with Gasteiger partial charge in [-0.2, -0.15) is 0 Å². The molecule has 0 radical (unpaired) electrons. The molecule has 4 N–H and O–H groups in total. The highest BCUT2D eigenvalue weighted by Crippen LogP contribution is 2.28. The van der Waals surface area contributed by atoms with Gasteiger partial charge in [0, 0.05) is 23.0 Å². The SMILES string of the molecule is C=CCCOC1CCC(C(=O)Oc2ccc(C=CC(=O)OCc3ccc(N)cc3N)cc2)CC1. The molecule has 0 unspecified atom stereocenters. The van der Waals surface area contributed by atoms with Gasteiger partial charge in [0.05, 0.1) is 18.6 Å². The van der Waals surface area contributed by atoms with E-state index in [-0.39, 0.29) is 24.6 Å². The van der Waals surface area contributed by atoms with E-state index in [1.165, 1.54) is 6.08 Å². The highest BCUT2D eigenvalue weighted by Gasteiger charge is 2.28. The largest absolute Gasteiger partial charge is 0.458 e. The van der Waals surface area contributed by atoms with Crippen LogP contribution in [0.3, 0.4) is 0 Å². The molecule has 1 aliphatic carbocycles. The lowest BCUT2D eigenvalue weighted by Gasteiger charge is -2.27. The summed E-state index contributed by atoms with van der Waals surface area (Å²) in [6.45, 7) is 4.43. The van der Waals surface area contributed by atoms with Crippen molar-refractivity contribution in [1.29, 1.82) is 0 Å². The minimum atomic E-state index is -0.490. The van der Waals surface area contributed by atoms with E-state index in [1.54, 1.807) is 48.5 Å². The van der Waals surface area contributed by atoms with Gasteiger partial charge in [-0.25, -0.2) is 4.79 Å². The van der Waals surface area contributed by atoms with Crippen LogP contribution in [-0.2, 0) is 25.7 Å². The molecule has 3 rings (SSSR count). The van der Waals surface area contributed by atoms with Gasteiger partial charge in [-0.3, -0.25) is 4.79 Å². The fraction of sp³-hybridized carbons (Fsp3) is 0.333. The molecule has 0 amide bonds. The van der Waals surface area contributed by atoms with Crippen molar-refractivity contribution in [3.63, 3.8) is 0 Å². The first-order chi connectivity index (χ1) is 16.4. The molecule has 34 heavy (non-hydrogen) atoms. The number of rotatable bonds is 10. The van der Waals surface area contributed by atoms with Gasteiger partial charge in [-0.1, -0.05) is 24.3 Å². The van der Waals surface area contributed by atoms with E-state index < -0.39 is 5.97 Å². The Kier molecular flexibility index (Phi) is 9.29. The van der Waals surface area contributed by atoms with Crippen LogP contribution in [0.15, 0.2) is 61.2 Å². The molecular weight excluding hydrogens is 432 g/mol. The molecule has 0 heterocycles. The third-order valence-corrected chi connectivity index (χ3v) is 5.73. The number of hydrogen-bond acceptors (Lipinski definition) is 7. The molecule has 7 nitrogen and oxygen atoms in total. The van der Waals surface area contributed by atoms with Crippen LogP contribution in [0.2, 0.25) is 0 Å². The monoisotopic (exact) mass is 464 g/mol. The fourth-order valence-corrected chi connectivity index (χ4v) is 3.74. The second-order valence-corrected chi connectivity index (χ2v) is 8.31. The van der Waals surface area contributed by atoms with Crippen molar-refractivity contribution in [3.05, 3.63) is 72.3 Å². The third-order valence-electron chi connectivity index (χ3n) is 5.73. The number of nitrogens with two attached hydrogens (primary N) is 2. The topological polar surface area (TPSA) is 114 Å². The first-order valence-electron chi connectivity index (χ1n) is 11.5. The third kappa shape index (κ3) is 7.78. The zero-order valence-electron chi connectivity index (χ0n) is 19.3. The summed E-state index contributed by atoms with van der Waals surface area (Å²) in [5.74, 6) is -0.328. The molecule has 0 atom stereocenters. The maximum atomic E-state index is 12.5. The maximum Gasteiger partial charge on any atom is 0.331 e. The number of hydrogen-bond donors (Lipinski definition) is 2. The van der Waals surface area contributed by atoms with Crippen molar-refractivity contribution in [2.75, 3.05) is 18.1 Å². The molecule has 2 aromatic carbocycles. The Labute approximate surface area is 200 Å². The Hall–Kier alpha value is -3.58. The van der Waals surface area contributed by atoms with E-state index >= 15 is 0 Å². The lowest BCUT2D eigenvalue weighted by Crippen LogP contribution is -2.29. The van der Waals surface area contributed by atoms with Crippen LogP contribution < -0.4 is 16.2 Å². The summed E-state index contributed by atoms with van der Waals surface area (Å²) < 4.78 is 16.6. The minimum absolute atomic E-state index is 0.0625. The highest BCUT2D eigenvalue weighted by molar-refractivity contribution is 5.87. The Morgan fingerprint density at radius 2 is 1.76 bits per heavy atom. The molecule has 1 fully saturated rings. The molecule has 1 saturated carbocycles. The zero-order valence-corrected chi connectivity index (χ0v) is 19.3. The smallest absolute Gasteiger partial charge is 0.331 e. The normalized spacial score (nSPS) is 17.9. The number of anilines is 2. The Balaban J connectivity index is 1.42. The predicted molar refractivity (Wildman–Crippen MR) is 133 cm³/mol. The second-order valence-electron chi connectivity index (χ2n) is 8.31. The first-order valence-corrected chi connectivity index (χ1v) is 11.5. The number of carbonyl (C=O) groups excluding carboxylic acids is 2. The van der Waals surface area contributed by atoms with Crippen LogP contribution >= 0.6 is 0 Å². The number of esters is 2. The molecule has 0 bridgehead atoms. The van der Waals surface area contributed by atoms with Crippen molar-refractivity contribution in [2.45, 2.75) is 44.8 Å². The summed E-state index contributed by atoms with van der Waals surface area (Å²) in [7, 11) is 0. The van der Waals surface area contributed by atoms with Gasteiger partial charge in [0.1, 0.15) is 12.4 Å². The molecule has 0 saturated heterocycles. The summed E-state index contributed by atoms with van der Waals surface area (Å²) in [5.41, 5.74) is 14.0. The zero-order chi connectivity index (χ0) is 24.3. The van der Waals surface area contributed by atoms with Crippen molar-refractivity contribution in [2.24, 2.45) is 5.92 Å².